The molecule has 15 heavy (non-hydrogen) atoms. The van der Waals surface area contributed by atoms with Gasteiger partial charge in [0.25, 0.3) is 5.24 Å². The molecule has 1 N–H and O–H groups in total. The van der Waals surface area contributed by atoms with Crippen molar-refractivity contribution >= 4 is 49.5 Å². The van der Waals surface area contributed by atoms with Gasteiger partial charge in [0.1, 0.15) is 0 Å². The summed E-state index contributed by atoms with van der Waals surface area (Å²) in [5.74, 6) is -0.694. The summed E-state index contributed by atoms with van der Waals surface area (Å²) < 4.78 is 0.834. The van der Waals surface area contributed by atoms with Crippen LogP contribution in [-0.2, 0) is 4.79 Å². The zero-order chi connectivity index (χ0) is 11.0. The third kappa shape index (κ3) is 1.70. The van der Waals surface area contributed by atoms with Gasteiger partial charge in [0.2, 0.25) is 5.78 Å². The molecular weight excluding hydrogens is 281 g/mol. The van der Waals surface area contributed by atoms with Crippen molar-refractivity contribution in [2.75, 3.05) is 0 Å². The maximum atomic E-state index is 11.4. The van der Waals surface area contributed by atoms with Gasteiger partial charge in [-0.25, -0.2) is 0 Å². The van der Waals surface area contributed by atoms with Crippen molar-refractivity contribution in [2.45, 2.75) is 0 Å². The molecule has 0 fully saturated rings. The number of halogens is 2. The van der Waals surface area contributed by atoms with Crippen LogP contribution in [0.4, 0.5) is 0 Å². The average Bonchev–Trinajstić information content (AvgIpc) is 2.61. The van der Waals surface area contributed by atoms with E-state index in [0.717, 1.165) is 9.99 Å². The topological polar surface area (TPSA) is 49.9 Å². The molecule has 0 saturated carbocycles. The highest BCUT2D eigenvalue weighted by atomic mass is 79.9. The lowest BCUT2D eigenvalue weighted by atomic mass is 10.1. The Morgan fingerprint density at radius 1 is 1.33 bits per heavy atom. The molecular formula is C10H5BrClNO2. The molecule has 0 aliphatic carbocycles. The first-order chi connectivity index (χ1) is 7.11. The molecule has 0 radical (unpaired) electrons. The van der Waals surface area contributed by atoms with Crippen LogP contribution in [0.15, 0.2) is 28.9 Å². The average molecular weight is 287 g/mol. The van der Waals surface area contributed by atoms with Crippen LogP contribution >= 0.6 is 27.5 Å². The molecule has 1 aromatic carbocycles. The minimum absolute atomic E-state index is 0.298. The normalized spacial score (nSPS) is 10.5. The van der Waals surface area contributed by atoms with Crippen LogP contribution in [-0.4, -0.2) is 16.0 Å². The number of rotatable bonds is 2. The van der Waals surface area contributed by atoms with Crippen LogP contribution in [0, 0.1) is 0 Å². The van der Waals surface area contributed by atoms with Gasteiger partial charge in [0.15, 0.2) is 0 Å². The first-order valence-corrected chi connectivity index (χ1v) is 5.28. The van der Waals surface area contributed by atoms with Gasteiger partial charge in [0.05, 0.1) is 11.1 Å². The molecule has 0 aliphatic rings. The fraction of sp³-hybridized carbons (Fsp3) is 0. The number of para-hydroxylation sites is 1. The minimum atomic E-state index is -0.976. The molecule has 1 aromatic heterocycles. The second-order valence-corrected chi connectivity index (χ2v) is 4.17. The first-order valence-electron chi connectivity index (χ1n) is 4.11. The smallest absolute Gasteiger partial charge is 0.293 e. The second-order valence-electron chi connectivity index (χ2n) is 2.97. The Labute approximate surface area is 98.5 Å². The molecule has 0 bridgehead atoms. The molecule has 0 saturated heterocycles. The maximum Gasteiger partial charge on any atom is 0.293 e. The lowest BCUT2D eigenvalue weighted by Gasteiger charge is -1.95. The number of nitrogens with one attached hydrogen (secondary N) is 1. The van der Waals surface area contributed by atoms with Gasteiger partial charge in [-0.3, -0.25) is 9.59 Å². The lowest BCUT2D eigenvalue weighted by molar-refractivity contribution is -0.108. The van der Waals surface area contributed by atoms with E-state index in [1.54, 1.807) is 12.1 Å². The first kappa shape index (κ1) is 10.4. The summed E-state index contributed by atoms with van der Waals surface area (Å²) in [7, 11) is 0. The third-order valence-electron chi connectivity index (χ3n) is 2.09. The van der Waals surface area contributed by atoms with Crippen molar-refractivity contribution < 1.29 is 9.59 Å². The van der Waals surface area contributed by atoms with Gasteiger partial charge in [-0.2, -0.15) is 0 Å². The molecule has 5 heteroatoms. The standard InChI is InChI=1S/C10H5BrClNO2/c11-7-3-1-2-5-6(4-13-8(5)7)9(14)10(12)15/h1-4,13H. The molecule has 1 heterocycles. The summed E-state index contributed by atoms with van der Waals surface area (Å²) in [6.07, 6.45) is 1.48. The second kappa shape index (κ2) is 3.79. The van der Waals surface area contributed by atoms with Gasteiger partial charge in [0, 0.05) is 16.1 Å². The predicted molar refractivity (Wildman–Crippen MR) is 61.2 cm³/mol. The highest BCUT2D eigenvalue weighted by Gasteiger charge is 2.18. The molecule has 2 rings (SSSR count). The predicted octanol–water partition coefficient (Wildman–Crippen LogP) is 2.88. The molecule has 0 unspecified atom stereocenters. The molecule has 76 valence electrons. The largest absolute Gasteiger partial charge is 0.360 e. The maximum absolute atomic E-state index is 11.4. The summed E-state index contributed by atoms with van der Waals surface area (Å²) in [6, 6.07) is 5.38. The van der Waals surface area contributed by atoms with Crippen LogP contribution in [0.25, 0.3) is 10.9 Å². The number of benzene rings is 1. The molecule has 2 aromatic rings. The number of carbonyl (C=O) groups is 2. The van der Waals surface area contributed by atoms with E-state index in [9.17, 15) is 9.59 Å². The number of hydrogen-bond acceptors (Lipinski definition) is 2. The Balaban J connectivity index is 2.69. The molecule has 0 amide bonds. The number of aromatic amines is 1. The summed E-state index contributed by atoms with van der Waals surface area (Å²) in [5, 5.41) is -0.292. The monoisotopic (exact) mass is 285 g/mol. The SMILES string of the molecule is O=C(Cl)C(=O)c1c[nH]c2c(Br)cccc12. The van der Waals surface area contributed by atoms with Gasteiger partial charge in [-0.15, -0.1) is 0 Å². The fourth-order valence-corrected chi connectivity index (χ4v) is 1.99. The quantitative estimate of drug-likeness (QED) is 0.524. The number of H-pyrrole nitrogens is 1. The van der Waals surface area contributed by atoms with E-state index in [-0.39, 0.29) is 0 Å². The van der Waals surface area contributed by atoms with Crippen LogP contribution in [0.2, 0.25) is 0 Å². The number of aromatic nitrogens is 1. The van der Waals surface area contributed by atoms with Crippen molar-refractivity contribution in [1.82, 2.24) is 4.98 Å². The van der Waals surface area contributed by atoms with Crippen LogP contribution in [0.5, 0.6) is 0 Å². The van der Waals surface area contributed by atoms with Gasteiger partial charge >= 0.3 is 0 Å². The number of hydrogen-bond donors (Lipinski definition) is 1. The van der Waals surface area contributed by atoms with Crippen molar-refractivity contribution in [2.24, 2.45) is 0 Å². The zero-order valence-corrected chi connectivity index (χ0v) is 9.72. The van der Waals surface area contributed by atoms with Gasteiger partial charge in [-0.1, -0.05) is 12.1 Å². The van der Waals surface area contributed by atoms with Crippen molar-refractivity contribution in [3.8, 4) is 0 Å². The summed E-state index contributed by atoms with van der Waals surface area (Å²) in [6.45, 7) is 0. The molecule has 0 spiro atoms. The van der Waals surface area contributed by atoms with E-state index in [1.807, 2.05) is 6.07 Å². The van der Waals surface area contributed by atoms with E-state index in [4.69, 9.17) is 11.6 Å². The van der Waals surface area contributed by atoms with Crippen LogP contribution in [0.3, 0.4) is 0 Å². The van der Waals surface area contributed by atoms with E-state index < -0.39 is 11.0 Å². The summed E-state index contributed by atoms with van der Waals surface area (Å²) in [4.78, 5) is 25.1. The molecule has 0 atom stereocenters. The lowest BCUT2D eigenvalue weighted by Crippen LogP contribution is -2.06. The van der Waals surface area contributed by atoms with Crippen LogP contribution < -0.4 is 0 Å². The zero-order valence-electron chi connectivity index (χ0n) is 7.38. The van der Waals surface area contributed by atoms with Crippen molar-refractivity contribution in [1.29, 1.82) is 0 Å². The highest BCUT2D eigenvalue weighted by Crippen LogP contribution is 2.26. The Morgan fingerprint density at radius 2 is 2.07 bits per heavy atom. The van der Waals surface area contributed by atoms with E-state index in [2.05, 4.69) is 20.9 Å². The Hall–Kier alpha value is -1.13. The molecule has 0 aliphatic heterocycles. The van der Waals surface area contributed by atoms with Crippen molar-refractivity contribution in [3.05, 3.63) is 34.4 Å². The number of carbonyl (C=O) groups excluding carboxylic acids is 2. The number of ketones is 1. The van der Waals surface area contributed by atoms with E-state index in [1.165, 1.54) is 6.20 Å². The Bertz CT molecular complexity index is 562. The van der Waals surface area contributed by atoms with Crippen LogP contribution in [0.1, 0.15) is 10.4 Å². The van der Waals surface area contributed by atoms with Gasteiger partial charge < -0.3 is 4.98 Å². The summed E-state index contributed by atoms with van der Waals surface area (Å²) >= 11 is 8.48. The summed E-state index contributed by atoms with van der Waals surface area (Å²) in [5.41, 5.74) is 1.07. The minimum Gasteiger partial charge on any atom is -0.360 e. The highest BCUT2D eigenvalue weighted by molar-refractivity contribution is 9.10. The van der Waals surface area contributed by atoms with E-state index in [0.29, 0.717) is 10.9 Å². The van der Waals surface area contributed by atoms with E-state index >= 15 is 0 Å². The fourth-order valence-electron chi connectivity index (χ4n) is 1.41. The van der Waals surface area contributed by atoms with Crippen molar-refractivity contribution in [3.63, 3.8) is 0 Å². The number of Topliss-reactive ketones (excluding diaryl/α,β-unsaturated/α-hetero) is 1. The Kier molecular flexibility index (Phi) is 2.63. The number of fused-ring (bicyclic) bond motifs is 1. The Morgan fingerprint density at radius 3 is 2.73 bits per heavy atom. The third-order valence-corrected chi connectivity index (χ3v) is 2.92. The molecule has 3 nitrogen and oxygen atoms in total. The van der Waals surface area contributed by atoms with Gasteiger partial charge in [-0.05, 0) is 33.6 Å².